The molecule has 0 radical (unpaired) electrons. The molecule has 0 bridgehead atoms. The van der Waals surface area contributed by atoms with Gasteiger partial charge in [-0.3, -0.25) is 47.9 Å². The molecule has 4 aromatic carbocycles. The number of phenols is 2. The number of nitrogens with two attached hydrogens (primary N) is 4. The van der Waals surface area contributed by atoms with Gasteiger partial charge in [0.1, 0.15) is 53.8 Å². The minimum absolute atomic E-state index is 0.00417. The number of carboxylic acids is 1. The van der Waals surface area contributed by atoms with E-state index >= 15 is 0 Å². The minimum Gasteiger partial charge on any atom is -0.508 e. The van der Waals surface area contributed by atoms with Crippen LogP contribution in [-0.4, -0.2) is 158 Å². The highest BCUT2D eigenvalue weighted by atomic mass is 35.5. The molecule has 9 amide bonds. The zero-order valence-corrected chi connectivity index (χ0v) is 48.6. The Labute approximate surface area is 502 Å². The first-order valence-electron chi connectivity index (χ1n) is 26.9. The number of carbonyl (C=O) groups excluding carboxylic acids is 9. The van der Waals surface area contributed by atoms with Crippen LogP contribution in [0.3, 0.4) is 0 Å². The molecule has 20 N–H and O–H groups in total. The Kier molecular flexibility index (Phi) is 26.7. The molecule has 0 aromatic heterocycles. The highest BCUT2D eigenvalue weighted by Gasteiger charge is 2.37. The van der Waals surface area contributed by atoms with E-state index in [2.05, 4.69) is 42.5 Å². The van der Waals surface area contributed by atoms with Crippen LogP contribution in [0.5, 0.6) is 11.5 Å². The van der Waals surface area contributed by atoms with E-state index in [-0.39, 0.29) is 73.8 Å². The van der Waals surface area contributed by atoms with Crippen molar-refractivity contribution in [1.29, 1.82) is 0 Å². The number of aliphatic hydroxyl groups excluding tert-OH is 1. The van der Waals surface area contributed by atoms with Crippen molar-refractivity contribution in [3.63, 3.8) is 0 Å². The number of anilines is 1. The summed E-state index contributed by atoms with van der Waals surface area (Å²) >= 11 is 6.08. The number of nitrogens with one attached hydrogen (secondary N) is 8. The largest absolute Gasteiger partial charge is 0.508 e. The third kappa shape index (κ3) is 22.5. The Bertz CT molecular complexity index is 2970. The molecule has 29 heteroatoms. The van der Waals surface area contributed by atoms with E-state index in [1.807, 2.05) is 0 Å². The number of halogens is 1. The second kappa shape index (κ2) is 33.5. The summed E-state index contributed by atoms with van der Waals surface area (Å²) in [5.41, 5.74) is 25.8. The van der Waals surface area contributed by atoms with Gasteiger partial charge in [-0.2, -0.15) is 0 Å². The summed E-state index contributed by atoms with van der Waals surface area (Å²) in [6, 6.07) is 10.4. The van der Waals surface area contributed by atoms with Crippen LogP contribution in [0, 0.1) is 0 Å². The van der Waals surface area contributed by atoms with E-state index in [9.17, 15) is 63.3 Å². The topological polar surface area (TPSA) is 452 Å². The molecule has 1 saturated heterocycles. The van der Waals surface area contributed by atoms with Crippen LogP contribution in [0.2, 0.25) is 5.02 Å². The van der Waals surface area contributed by atoms with Crippen molar-refractivity contribution >= 4 is 98.0 Å². The number of aliphatic hydroxyl groups is 1. The summed E-state index contributed by atoms with van der Waals surface area (Å²) in [4.78, 5) is 138. The Hall–Kier alpha value is -7.99. The van der Waals surface area contributed by atoms with E-state index in [0.717, 1.165) is 21.6 Å². The molecule has 5 rings (SSSR count). The maximum Gasteiger partial charge on any atom is 0.305 e. The van der Waals surface area contributed by atoms with Crippen molar-refractivity contribution in [2.24, 2.45) is 22.9 Å². The lowest BCUT2D eigenvalue weighted by molar-refractivity contribution is -0.139. The molecule has 458 valence electrons. The Morgan fingerprint density at radius 2 is 1.14 bits per heavy atom. The molecular formula is C56H71ClN12O14S2. The highest BCUT2D eigenvalue weighted by molar-refractivity contribution is 8.76. The lowest BCUT2D eigenvalue weighted by Crippen LogP contribution is -2.62. The Morgan fingerprint density at radius 3 is 1.69 bits per heavy atom. The number of aromatic hydroxyl groups is 2. The number of carboxylic acid groups (broad SMARTS) is 1. The molecule has 85 heavy (non-hydrogen) atoms. The maximum atomic E-state index is 14.9. The van der Waals surface area contributed by atoms with Gasteiger partial charge in [0.2, 0.25) is 53.2 Å². The quantitative estimate of drug-likeness (QED) is 0.0327. The van der Waals surface area contributed by atoms with Gasteiger partial charge in [-0.05, 0) is 110 Å². The van der Waals surface area contributed by atoms with Gasteiger partial charge in [-0.25, -0.2) is 0 Å². The van der Waals surface area contributed by atoms with Crippen LogP contribution in [0.15, 0.2) is 97.1 Å². The molecule has 1 aliphatic rings. The summed E-state index contributed by atoms with van der Waals surface area (Å²) in [5.74, 6) is -10.5. The van der Waals surface area contributed by atoms with Crippen molar-refractivity contribution in [2.45, 2.75) is 119 Å². The molecule has 0 spiro atoms. The number of rotatable bonds is 22. The first-order valence-corrected chi connectivity index (χ1v) is 29.7. The molecule has 1 heterocycles. The number of phenolic OH excluding ortho intramolecular Hbond substituents is 2. The van der Waals surface area contributed by atoms with Crippen LogP contribution >= 0.6 is 33.2 Å². The van der Waals surface area contributed by atoms with Crippen LogP contribution in [0.25, 0.3) is 0 Å². The number of primary amides is 1. The number of benzene rings is 4. The highest BCUT2D eigenvalue weighted by Crippen LogP contribution is 2.25. The second-order valence-corrected chi connectivity index (χ2v) is 23.1. The number of amides is 9. The van der Waals surface area contributed by atoms with Gasteiger partial charge in [0.25, 0.3) is 0 Å². The minimum atomic E-state index is -1.79. The molecule has 26 nitrogen and oxygen atoms in total. The van der Waals surface area contributed by atoms with Crippen molar-refractivity contribution in [3.05, 3.63) is 124 Å². The number of hydrogen-bond donors (Lipinski definition) is 16. The molecule has 0 aliphatic carbocycles. The fraction of sp³-hybridized carbons (Fsp3) is 0.393. The van der Waals surface area contributed by atoms with Crippen molar-refractivity contribution in [3.8, 4) is 11.5 Å². The van der Waals surface area contributed by atoms with E-state index in [0.29, 0.717) is 33.7 Å². The average Bonchev–Trinajstić information content (AvgIpc) is 3.67. The predicted molar refractivity (Wildman–Crippen MR) is 318 cm³/mol. The number of aliphatic carboxylic acids is 1. The lowest BCUT2D eigenvalue weighted by atomic mass is 10.0. The predicted octanol–water partition coefficient (Wildman–Crippen LogP) is -1.13. The van der Waals surface area contributed by atoms with Gasteiger partial charge in [-0.1, -0.05) is 81.7 Å². The third-order valence-corrected chi connectivity index (χ3v) is 15.9. The summed E-state index contributed by atoms with van der Waals surface area (Å²) in [6.45, 7) is 1.37. The fourth-order valence-electron chi connectivity index (χ4n) is 8.47. The smallest absolute Gasteiger partial charge is 0.305 e. The summed E-state index contributed by atoms with van der Waals surface area (Å²) < 4.78 is 0. The lowest BCUT2D eigenvalue weighted by Gasteiger charge is -2.29. The first-order chi connectivity index (χ1) is 40.4. The molecule has 10 atom stereocenters. The van der Waals surface area contributed by atoms with Crippen molar-refractivity contribution in [2.75, 3.05) is 23.4 Å². The molecule has 4 aromatic rings. The van der Waals surface area contributed by atoms with Gasteiger partial charge in [0, 0.05) is 41.5 Å². The zero-order valence-electron chi connectivity index (χ0n) is 46.2. The average molecular weight is 1240 g/mol. The van der Waals surface area contributed by atoms with E-state index < -0.39 is 126 Å². The summed E-state index contributed by atoms with van der Waals surface area (Å²) in [6.07, 6.45) is -2.49. The second-order valence-electron chi connectivity index (χ2n) is 20.1. The molecule has 3 unspecified atom stereocenters. The number of unbranched alkanes of at least 4 members (excludes halogenated alkanes) is 1. The van der Waals surface area contributed by atoms with Gasteiger partial charge < -0.3 is 85.9 Å². The zero-order chi connectivity index (χ0) is 62.3. The van der Waals surface area contributed by atoms with Crippen LogP contribution in [0.1, 0.15) is 54.9 Å². The number of carbonyl (C=O) groups is 10. The van der Waals surface area contributed by atoms with Crippen LogP contribution < -0.4 is 65.5 Å². The molecule has 1 fully saturated rings. The van der Waals surface area contributed by atoms with Gasteiger partial charge in [0.05, 0.1) is 24.6 Å². The Balaban J connectivity index is 1.58. The third-order valence-electron chi connectivity index (χ3n) is 13.2. The summed E-state index contributed by atoms with van der Waals surface area (Å²) in [5, 5.41) is 61.3. The number of hydrogen-bond acceptors (Lipinski definition) is 18. The van der Waals surface area contributed by atoms with E-state index in [1.165, 1.54) is 79.7 Å². The molecule has 0 saturated carbocycles. The van der Waals surface area contributed by atoms with Crippen molar-refractivity contribution in [1.82, 2.24) is 37.2 Å². The summed E-state index contributed by atoms with van der Waals surface area (Å²) in [7, 11) is 1.86. The fourth-order valence-corrected chi connectivity index (χ4v) is 10.9. The van der Waals surface area contributed by atoms with Crippen LogP contribution in [-0.2, 0) is 73.6 Å². The maximum absolute atomic E-state index is 14.9. The van der Waals surface area contributed by atoms with Gasteiger partial charge in [-0.15, -0.1) is 0 Å². The Morgan fingerprint density at radius 1 is 0.635 bits per heavy atom. The van der Waals surface area contributed by atoms with E-state index in [1.54, 1.807) is 24.3 Å². The monoisotopic (exact) mass is 1230 g/mol. The standard InChI is InChI=1S/C56H71ClN12O14S2/c1-29(70)47-56(83)68-45(54(81)64-41(48(61)75)23-32-9-17-36(71)18-10-32)28-85-84-27-44(67-50(77)38(59)22-30-5-13-34(57)14-6-30)55(82)66-43(25-33-11-19-37(72)20-12-33)53(80)65-42(52(79)63-40(51(78)69-47)4-2-3-21-58)24-31-7-15-35(16-8-31)62-49(76)39(60)26-46(73)74/h5-20,29,38-45,47,70-72H,2-4,21-28,58-60H2,1H3,(H2,61,75)(H,62,76)(H,63,79)(H,64,81)(H,65,80)(H,66,82)(H,67,77)(H,68,83)(H,69,78)(H,73,74)/t29?,38-,39?,40-,41+,42+,43-,44+,45-,47?/m0/s1. The van der Waals surface area contributed by atoms with Gasteiger partial charge in [0.15, 0.2) is 0 Å². The van der Waals surface area contributed by atoms with Crippen molar-refractivity contribution < 1.29 is 68.4 Å². The molecular weight excluding hydrogens is 1160 g/mol. The van der Waals surface area contributed by atoms with Crippen LogP contribution in [0.4, 0.5) is 5.69 Å². The van der Waals surface area contributed by atoms with E-state index in [4.69, 9.17) is 39.6 Å². The molecule has 1 aliphatic heterocycles. The van der Waals surface area contributed by atoms with Gasteiger partial charge >= 0.3 is 5.97 Å². The normalized spacial score (nSPS) is 20.7. The SMILES string of the molecule is CC(O)C1NC(=O)[C@H](CCCCN)NC(=O)[C@@H](Cc2ccc(NC(=O)C(N)CC(=O)O)cc2)NC(=O)[C@H](Cc2ccc(O)cc2)NC(=O)[C@H](NC(=O)[C@@H](N)Cc2ccc(Cl)cc2)CSSC[C@@H](C(=O)N[C@H](Cc2ccc(O)cc2)C(N)=O)NC1=O. The first kappa shape index (κ1) is 67.8.